The number of likely N-dealkylation sites (N-methyl/N-ethyl adjacent to an activating group) is 1. The number of hydrogen-bond acceptors (Lipinski definition) is 11. The molecule has 12 heteroatoms. The number of rotatable bonds is 7. The number of cyclic esters (lactones) is 1. The van der Waals surface area contributed by atoms with Crippen LogP contribution in [0.25, 0.3) is 0 Å². The molecule has 12 nitrogen and oxygen atoms in total. The highest BCUT2D eigenvalue weighted by molar-refractivity contribution is 6.05. The number of allylic oxidation sites excluding steroid dienone is 1. The first-order valence-corrected chi connectivity index (χ1v) is 16.4. The van der Waals surface area contributed by atoms with Crippen LogP contribution in [0.4, 0.5) is 4.79 Å². The molecule has 1 amide bonds. The van der Waals surface area contributed by atoms with Crippen molar-refractivity contribution in [2.24, 2.45) is 23.2 Å². The van der Waals surface area contributed by atoms with Gasteiger partial charge < -0.3 is 39.0 Å². The molecule has 2 N–H and O–H groups in total. The van der Waals surface area contributed by atoms with E-state index in [0.717, 1.165) is 0 Å². The minimum Gasteiger partial charge on any atom is -0.457 e. The molecule has 0 aromatic heterocycles. The minimum absolute atomic E-state index is 0.0341. The van der Waals surface area contributed by atoms with Crippen molar-refractivity contribution in [3.63, 3.8) is 0 Å². The number of Topliss-reactive ketones (excluding diaryl/α,β-unsaturated/α-hetero) is 2. The number of ketones is 2. The van der Waals surface area contributed by atoms with Crippen LogP contribution in [0, 0.1) is 23.2 Å². The quantitative estimate of drug-likeness (QED) is 0.237. The van der Waals surface area contributed by atoms with Gasteiger partial charge in [-0.05, 0) is 67.5 Å². The van der Waals surface area contributed by atoms with Gasteiger partial charge in [-0.1, -0.05) is 33.8 Å². The van der Waals surface area contributed by atoms with Crippen LogP contribution in [0.15, 0.2) is 12.7 Å². The van der Waals surface area contributed by atoms with Crippen LogP contribution in [0.2, 0.25) is 0 Å². The number of amides is 1. The Kier molecular flexibility index (Phi) is 11.9. The van der Waals surface area contributed by atoms with Gasteiger partial charge in [-0.15, -0.1) is 6.58 Å². The maximum atomic E-state index is 14.6. The Balaban J connectivity index is 2.20. The maximum absolute atomic E-state index is 14.6. The number of aliphatic hydroxyl groups is 1. The smallest absolute Gasteiger partial charge is 0.408 e. The fraction of sp³-hybridized carbons (Fsp3) is 0.824. The second-order valence-electron chi connectivity index (χ2n) is 14.4. The number of esters is 1. The SMILES string of the molecule is C=CCC1(C)C(=O)O[C@@H](CC)C2(C)OC(=O)NC2[C@H](C)C(=O)[C@H](C)C[C@](C)(OC)[C@H](OC2O[C@H](C)C[C@H](N(C)C)[C@H]2O)[C@@H](C)C1=O. The summed E-state index contributed by atoms with van der Waals surface area (Å²) >= 11 is 0. The lowest BCUT2D eigenvalue weighted by molar-refractivity contribution is -0.295. The first-order chi connectivity index (χ1) is 21.3. The van der Waals surface area contributed by atoms with Crippen molar-refractivity contribution in [3.05, 3.63) is 12.7 Å². The molecule has 3 fully saturated rings. The van der Waals surface area contributed by atoms with E-state index in [1.807, 2.05) is 25.9 Å². The number of nitrogens with zero attached hydrogens (tertiary/aromatic N) is 1. The van der Waals surface area contributed by atoms with E-state index in [2.05, 4.69) is 11.9 Å². The number of methoxy groups -OCH3 is 1. The monoisotopic (exact) mass is 652 g/mol. The summed E-state index contributed by atoms with van der Waals surface area (Å²) in [7, 11) is 5.21. The van der Waals surface area contributed by atoms with Crippen molar-refractivity contribution in [2.75, 3.05) is 21.2 Å². The fourth-order valence-corrected chi connectivity index (χ4v) is 7.76. The molecule has 0 radical (unpaired) electrons. The van der Waals surface area contributed by atoms with Crippen LogP contribution in [-0.4, -0.2) is 109 Å². The summed E-state index contributed by atoms with van der Waals surface area (Å²) in [6.45, 7) is 17.5. The van der Waals surface area contributed by atoms with Gasteiger partial charge >= 0.3 is 12.1 Å². The lowest BCUT2D eigenvalue weighted by Crippen LogP contribution is -2.61. The summed E-state index contributed by atoms with van der Waals surface area (Å²) in [5.74, 6) is -3.82. The third-order valence-corrected chi connectivity index (χ3v) is 10.6. The number of carbonyl (C=O) groups is 4. The predicted molar refractivity (Wildman–Crippen MR) is 170 cm³/mol. The molecule has 0 spiro atoms. The van der Waals surface area contributed by atoms with Crippen LogP contribution >= 0.6 is 0 Å². The summed E-state index contributed by atoms with van der Waals surface area (Å²) in [6.07, 6.45) is -2.77. The van der Waals surface area contributed by atoms with Crippen molar-refractivity contribution in [3.8, 4) is 0 Å². The Labute approximate surface area is 273 Å². The predicted octanol–water partition coefficient (Wildman–Crippen LogP) is 3.42. The normalized spacial score (nSPS) is 44.5. The van der Waals surface area contributed by atoms with Crippen LogP contribution in [0.3, 0.4) is 0 Å². The zero-order valence-electron chi connectivity index (χ0n) is 29.5. The van der Waals surface area contributed by atoms with Gasteiger partial charge in [0.25, 0.3) is 0 Å². The standard InChI is InChI=1S/C34H56N2O10/c1-13-15-32(7)27(39)21(6)28(45-29-25(38)22(36(10)11)16-19(4)43-29)33(8,42-12)17-18(3)24(37)20(5)26-34(9,46-31(41)35-26)23(14-2)44-30(32)40/h13,18-23,25-26,28-29,38H,1,14-17H2,2-12H3,(H,35,41)/t18-,19-,20-,21+,22+,23+,25-,26?,28-,29?,32?,33+,34?/m1/s1. The van der Waals surface area contributed by atoms with E-state index in [4.69, 9.17) is 23.7 Å². The number of fused-ring (bicyclic) bond motifs is 1. The molecule has 13 atom stereocenters. The Morgan fingerprint density at radius 2 is 1.72 bits per heavy atom. The Morgan fingerprint density at radius 1 is 1.09 bits per heavy atom. The number of aliphatic hydroxyl groups excluding tert-OH is 1. The van der Waals surface area contributed by atoms with E-state index in [1.54, 1.807) is 41.5 Å². The number of carbonyl (C=O) groups excluding carboxylic acids is 4. The third-order valence-electron chi connectivity index (χ3n) is 10.6. The fourth-order valence-electron chi connectivity index (χ4n) is 7.76. The topological polar surface area (TPSA) is 150 Å². The molecule has 3 saturated heterocycles. The van der Waals surface area contributed by atoms with Gasteiger partial charge in [-0.25, -0.2) is 4.79 Å². The molecule has 3 heterocycles. The van der Waals surface area contributed by atoms with Gasteiger partial charge in [-0.2, -0.15) is 0 Å². The minimum atomic E-state index is -1.70. The summed E-state index contributed by atoms with van der Waals surface area (Å²) in [5, 5.41) is 14.1. The Hall–Kier alpha value is -2.38. The van der Waals surface area contributed by atoms with Crippen LogP contribution in [0.1, 0.15) is 81.1 Å². The van der Waals surface area contributed by atoms with E-state index in [-0.39, 0.29) is 37.2 Å². The van der Waals surface area contributed by atoms with Crippen LogP contribution in [-0.2, 0) is 38.1 Å². The van der Waals surface area contributed by atoms with Crippen molar-refractivity contribution < 1.29 is 48.0 Å². The van der Waals surface area contributed by atoms with Crippen molar-refractivity contribution in [2.45, 2.75) is 135 Å². The summed E-state index contributed by atoms with van der Waals surface area (Å²) in [4.78, 5) is 57.3. The van der Waals surface area contributed by atoms with Gasteiger partial charge in [0.2, 0.25) is 0 Å². The molecular weight excluding hydrogens is 596 g/mol. The van der Waals surface area contributed by atoms with Crippen LogP contribution in [0.5, 0.6) is 0 Å². The largest absolute Gasteiger partial charge is 0.457 e. The van der Waals surface area contributed by atoms with Crippen molar-refractivity contribution >= 4 is 23.6 Å². The molecule has 0 aromatic carbocycles. The highest BCUT2D eigenvalue weighted by Crippen LogP contribution is 2.42. The summed E-state index contributed by atoms with van der Waals surface area (Å²) in [6, 6.07) is -1.09. The second-order valence-corrected chi connectivity index (χ2v) is 14.4. The number of nitrogens with one attached hydrogen (secondary N) is 1. The molecule has 3 rings (SSSR count). The molecule has 0 aromatic rings. The molecular formula is C34H56N2O10. The number of ether oxygens (including phenoxy) is 5. The molecule has 3 aliphatic rings. The van der Waals surface area contributed by atoms with E-state index in [1.165, 1.54) is 20.1 Å². The average molecular weight is 653 g/mol. The van der Waals surface area contributed by atoms with Gasteiger partial charge in [0.1, 0.15) is 23.4 Å². The van der Waals surface area contributed by atoms with Gasteiger partial charge in [0.15, 0.2) is 17.7 Å². The zero-order valence-corrected chi connectivity index (χ0v) is 29.5. The lowest BCUT2D eigenvalue weighted by Gasteiger charge is -2.47. The zero-order chi connectivity index (χ0) is 34.9. The van der Waals surface area contributed by atoms with Crippen molar-refractivity contribution in [1.29, 1.82) is 0 Å². The first-order valence-electron chi connectivity index (χ1n) is 16.4. The molecule has 0 saturated carbocycles. The molecule has 3 aliphatic heterocycles. The first kappa shape index (κ1) is 38.1. The number of hydrogen-bond donors (Lipinski definition) is 2. The van der Waals surface area contributed by atoms with Gasteiger partial charge in [-0.3, -0.25) is 14.4 Å². The molecule has 4 unspecified atom stereocenters. The third kappa shape index (κ3) is 7.06. The van der Waals surface area contributed by atoms with Crippen molar-refractivity contribution in [1.82, 2.24) is 10.2 Å². The van der Waals surface area contributed by atoms with E-state index in [9.17, 15) is 24.3 Å². The average Bonchev–Trinajstić information content (AvgIpc) is 3.31. The summed E-state index contributed by atoms with van der Waals surface area (Å²) < 4.78 is 30.6. The molecule has 0 bridgehead atoms. The highest BCUT2D eigenvalue weighted by atomic mass is 16.7. The molecule has 46 heavy (non-hydrogen) atoms. The Bertz CT molecular complexity index is 1160. The van der Waals surface area contributed by atoms with E-state index in [0.29, 0.717) is 6.42 Å². The van der Waals surface area contributed by atoms with Gasteiger partial charge in [0.05, 0.1) is 23.9 Å². The van der Waals surface area contributed by atoms with Gasteiger partial charge in [0, 0.05) is 30.9 Å². The second kappa shape index (κ2) is 14.4. The van der Waals surface area contributed by atoms with Crippen LogP contribution < -0.4 is 5.32 Å². The lowest BCUT2D eigenvalue weighted by atomic mass is 9.70. The Morgan fingerprint density at radius 3 is 2.26 bits per heavy atom. The molecule has 262 valence electrons. The highest BCUT2D eigenvalue weighted by Gasteiger charge is 2.59. The maximum Gasteiger partial charge on any atom is 0.408 e. The molecule has 0 aliphatic carbocycles. The summed E-state index contributed by atoms with van der Waals surface area (Å²) in [5.41, 5.74) is -4.35. The number of alkyl carbamates (subject to hydrolysis) is 1. The van der Waals surface area contributed by atoms with E-state index >= 15 is 0 Å². The van der Waals surface area contributed by atoms with E-state index < -0.39 is 82.9 Å².